The number of amides is 1. The number of rotatable bonds is 2. The fraction of sp³-hybridized carbons (Fsp3) is 0.500. The molecule has 124 valence electrons. The first kappa shape index (κ1) is 16.5. The van der Waals surface area contributed by atoms with Gasteiger partial charge in [-0.05, 0) is 39.1 Å². The summed E-state index contributed by atoms with van der Waals surface area (Å²) in [5, 5.41) is 0.568. The average molecular weight is 354 g/mol. The number of likely N-dealkylation sites (N-methyl/N-ethyl adjacent to an activating group) is 1. The van der Waals surface area contributed by atoms with Gasteiger partial charge in [-0.3, -0.25) is 19.1 Å². The standard InChI is InChI=1S/C16H20ClN3O2S/c1-10-8-19(11(2)7-18(10)3)15(21)9-20-13-6-12(17)4-5-14(13)23-16(20)22/h4-6,10-11H,7-9H2,1-3H3. The van der Waals surface area contributed by atoms with Gasteiger partial charge in [0.1, 0.15) is 6.54 Å². The summed E-state index contributed by atoms with van der Waals surface area (Å²) in [4.78, 5) is 29.0. The smallest absolute Gasteiger partial charge is 0.308 e. The maximum Gasteiger partial charge on any atom is 0.308 e. The molecule has 1 amide bonds. The number of hydrogen-bond donors (Lipinski definition) is 0. The van der Waals surface area contributed by atoms with Crippen LogP contribution in [0.15, 0.2) is 23.0 Å². The van der Waals surface area contributed by atoms with E-state index in [1.54, 1.807) is 12.1 Å². The Balaban J connectivity index is 1.87. The molecule has 7 heteroatoms. The molecule has 23 heavy (non-hydrogen) atoms. The quantitative estimate of drug-likeness (QED) is 0.832. The highest BCUT2D eigenvalue weighted by Crippen LogP contribution is 2.22. The Bertz CT molecular complexity index is 800. The molecule has 1 aliphatic heterocycles. The molecule has 3 rings (SSSR count). The molecule has 0 radical (unpaired) electrons. The lowest BCUT2D eigenvalue weighted by Gasteiger charge is -2.42. The van der Waals surface area contributed by atoms with Crippen LogP contribution in [0.5, 0.6) is 0 Å². The first-order valence-corrected chi connectivity index (χ1v) is 8.85. The van der Waals surface area contributed by atoms with Gasteiger partial charge in [-0.2, -0.15) is 0 Å². The van der Waals surface area contributed by atoms with Gasteiger partial charge in [0.25, 0.3) is 0 Å². The van der Waals surface area contributed by atoms with E-state index >= 15 is 0 Å². The van der Waals surface area contributed by atoms with Gasteiger partial charge in [0.2, 0.25) is 5.91 Å². The van der Waals surface area contributed by atoms with E-state index in [0.29, 0.717) is 17.6 Å². The molecular weight excluding hydrogens is 334 g/mol. The lowest BCUT2D eigenvalue weighted by molar-refractivity contribution is -0.137. The van der Waals surface area contributed by atoms with Crippen LogP contribution in [0.2, 0.25) is 5.02 Å². The van der Waals surface area contributed by atoms with Crippen LogP contribution < -0.4 is 4.87 Å². The van der Waals surface area contributed by atoms with Gasteiger partial charge in [0, 0.05) is 30.2 Å². The zero-order valence-corrected chi connectivity index (χ0v) is 15.0. The highest BCUT2D eigenvalue weighted by molar-refractivity contribution is 7.16. The molecule has 2 heterocycles. The van der Waals surface area contributed by atoms with Crippen LogP contribution in [0, 0.1) is 0 Å². The van der Waals surface area contributed by atoms with Gasteiger partial charge >= 0.3 is 4.87 Å². The zero-order chi connectivity index (χ0) is 16.7. The van der Waals surface area contributed by atoms with E-state index in [0.717, 1.165) is 28.1 Å². The first-order chi connectivity index (χ1) is 10.9. The third-order valence-corrected chi connectivity index (χ3v) is 5.74. The Hall–Kier alpha value is -1.37. The van der Waals surface area contributed by atoms with E-state index in [2.05, 4.69) is 18.9 Å². The van der Waals surface area contributed by atoms with Crippen LogP contribution in [-0.4, -0.2) is 52.5 Å². The maximum absolute atomic E-state index is 12.7. The number of aromatic nitrogens is 1. The number of hydrogen-bond acceptors (Lipinski definition) is 4. The molecule has 2 unspecified atom stereocenters. The van der Waals surface area contributed by atoms with Crippen molar-refractivity contribution in [3.05, 3.63) is 32.9 Å². The van der Waals surface area contributed by atoms with Crippen molar-refractivity contribution in [3.63, 3.8) is 0 Å². The number of piperazine rings is 1. The molecule has 0 aliphatic carbocycles. The Morgan fingerprint density at radius 1 is 1.30 bits per heavy atom. The predicted molar refractivity (Wildman–Crippen MR) is 94.4 cm³/mol. The average Bonchev–Trinajstić information content (AvgIpc) is 2.78. The van der Waals surface area contributed by atoms with E-state index in [-0.39, 0.29) is 23.4 Å². The summed E-state index contributed by atoms with van der Waals surface area (Å²) in [5.41, 5.74) is 0.732. The van der Waals surface area contributed by atoms with E-state index < -0.39 is 0 Å². The molecule has 1 saturated heterocycles. The molecule has 1 fully saturated rings. The lowest BCUT2D eigenvalue weighted by atomic mass is 10.1. The van der Waals surface area contributed by atoms with E-state index in [9.17, 15) is 9.59 Å². The molecule has 5 nitrogen and oxygen atoms in total. The highest BCUT2D eigenvalue weighted by Gasteiger charge is 2.30. The fourth-order valence-corrected chi connectivity index (χ4v) is 4.10. The molecule has 1 aromatic heterocycles. The predicted octanol–water partition coefficient (Wildman–Crippen LogP) is 2.27. The Kier molecular flexibility index (Phi) is 4.49. The second kappa shape index (κ2) is 6.26. The fourth-order valence-electron chi connectivity index (χ4n) is 3.06. The van der Waals surface area contributed by atoms with Gasteiger partial charge in [-0.15, -0.1) is 0 Å². The molecule has 0 bridgehead atoms. The van der Waals surface area contributed by atoms with Crippen molar-refractivity contribution in [2.75, 3.05) is 20.1 Å². The van der Waals surface area contributed by atoms with Gasteiger partial charge in [0.05, 0.1) is 10.2 Å². The minimum Gasteiger partial charge on any atom is -0.336 e. The van der Waals surface area contributed by atoms with Crippen molar-refractivity contribution in [1.82, 2.24) is 14.4 Å². The summed E-state index contributed by atoms with van der Waals surface area (Å²) < 4.78 is 2.39. The van der Waals surface area contributed by atoms with E-state index in [4.69, 9.17) is 11.6 Å². The van der Waals surface area contributed by atoms with Gasteiger partial charge < -0.3 is 4.90 Å². The summed E-state index contributed by atoms with van der Waals surface area (Å²) in [5.74, 6) is -0.0146. The number of halogens is 1. The van der Waals surface area contributed by atoms with Crippen molar-refractivity contribution >= 4 is 39.1 Å². The lowest BCUT2D eigenvalue weighted by Crippen LogP contribution is -2.57. The molecule has 2 atom stereocenters. The van der Waals surface area contributed by atoms with Gasteiger partial charge in [-0.25, -0.2) is 0 Å². The van der Waals surface area contributed by atoms with Crippen LogP contribution >= 0.6 is 22.9 Å². The van der Waals surface area contributed by atoms with Crippen LogP contribution in [0.4, 0.5) is 0 Å². The third-order valence-electron chi connectivity index (χ3n) is 4.54. The largest absolute Gasteiger partial charge is 0.336 e. The van der Waals surface area contributed by atoms with Gasteiger partial charge in [0.15, 0.2) is 0 Å². The normalized spacial score (nSPS) is 22.7. The summed E-state index contributed by atoms with van der Waals surface area (Å²) in [6.45, 7) is 5.76. The second-order valence-electron chi connectivity index (χ2n) is 6.25. The number of carbonyl (C=O) groups is 1. The minimum absolute atomic E-state index is 0.0146. The Morgan fingerprint density at radius 2 is 2.04 bits per heavy atom. The monoisotopic (exact) mass is 353 g/mol. The van der Waals surface area contributed by atoms with Crippen molar-refractivity contribution in [1.29, 1.82) is 0 Å². The Labute approximate surface area is 144 Å². The number of benzene rings is 1. The van der Waals surface area contributed by atoms with Crippen LogP contribution in [0.25, 0.3) is 10.2 Å². The number of thiazole rings is 1. The number of nitrogens with zero attached hydrogens (tertiary/aromatic N) is 3. The molecule has 0 N–H and O–H groups in total. The van der Waals surface area contributed by atoms with E-state index in [1.807, 2.05) is 17.9 Å². The summed E-state index contributed by atoms with van der Waals surface area (Å²) in [6, 6.07) is 5.80. The van der Waals surface area contributed by atoms with Crippen molar-refractivity contribution < 1.29 is 4.79 Å². The van der Waals surface area contributed by atoms with Crippen LogP contribution in [0.3, 0.4) is 0 Å². The highest BCUT2D eigenvalue weighted by atomic mass is 35.5. The van der Waals surface area contributed by atoms with Crippen LogP contribution in [-0.2, 0) is 11.3 Å². The van der Waals surface area contributed by atoms with Crippen molar-refractivity contribution in [2.24, 2.45) is 0 Å². The minimum atomic E-state index is -0.120. The number of carbonyl (C=O) groups excluding carboxylic acids is 1. The Morgan fingerprint density at radius 3 is 2.78 bits per heavy atom. The second-order valence-corrected chi connectivity index (χ2v) is 7.68. The summed E-state index contributed by atoms with van der Waals surface area (Å²) >= 11 is 7.18. The molecule has 1 aromatic carbocycles. The third kappa shape index (κ3) is 3.16. The van der Waals surface area contributed by atoms with Crippen molar-refractivity contribution in [3.8, 4) is 0 Å². The van der Waals surface area contributed by atoms with E-state index in [1.165, 1.54) is 4.57 Å². The SMILES string of the molecule is CC1CN(C(=O)Cn2c(=O)sc3ccc(Cl)cc32)C(C)CN1C. The molecule has 0 spiro atoms. The summed E-state index contributed by atoms with van der Waals surface area (Å²) in [7, 11) is 2.07. The topological polar surface area (TPSA) is 45.6 Å². The molecule has 0 saturated carbocycles. The number of fused-ring (bicyclic) bond motifs is 1. The molecule has 1 aliphatic rings. The molecule has 2 aromatic rings. The molecular formula is C16H20ClN3O2S. The maximum atomic E-state index is 12.7. The van der Waals surface area contributed by atoms with Crippen LogP contribution in [0.1, 0.15) is 13.8 Å². The first-order valence-electron chi connectivity index (χ1n) is 7.65. The van der Waals surface area contributed by atoms with Gasteiger partial charge in [-0.1, -0.05) is 22.9 Å². The zero-order valence-electron chi connectivity index (χ0n) is 13.5. The summed E-state index contributed by atoms with van der Waals surface area (Å²) in [6.07, 6.45) is 0. The van der Waals surface area contributed by atoms with Crippen molar-refractivity contribution in [2.45, 2.75) is 32.5 Å².